The molecule has 0 saturated heterocycles. The molecule has 0 saturated carbocycles. The average Bonchev–Trinajstić information content (AvgIpc) is 3.16. The third kappa shape index (κ3) is 5.20. The average molecular weight is 382 g/mol. The fourth-order valence-electron chi connectivity index (χ4n) is 2.56. The van der Waals surface area contributed by atoms with Crippen molar-refractivity contribution in [3.05, 3.63) is 65.2 Å². The van der Waals surface area contributed by atoms with Gasteiger partial charge >= 0.3 is 0 Å². The highest BCUT2D eigenvalue weighted by molar-refractivity contribution is 7.99. The number of carbonyl (C=O) groups is 1. The van der Waals surface area contributed by atoms with Crippen molar-refractivity contribution in [1.29, 1.82) is 0 Å². The van der Waals surface area contributed by atoms with Crippen LogP contribution in [0, 0.1) is 6.92 Å². The lowest BCUT2D eigenvalue weighted by molar-refractivity contribution is -0.127. The molecule has 0 fully saturated rings. The van der Waals surface area contributed by atoms with Crippen molar-refractivity contribution in [2.45, 2.75) is 32.0 Å². The van der Waals surface area contributed by atoms with Gasteiger partial charge < -0.3 is 9.32 Å². The van der Waals surface area contributed by atoms with Crippen molar-refractivity contribution >= 4 is 17.7 Å². The molecule has 0 aliphatic carbocycles. The normalized spacial score (nSPS) is 10.8. The minimum Gasteiger partial charge on any atom is -0.411 e. The predicted molar refractivity (Wildman–Crippen MR) is 107 cm³/mol. The number of hydrogen-bond donors (Lipinski definition) is 0. The molecule has 2 aromatic carbocycles. The zero-order chi connectivity index (χ0) is 19.2. The smallest absolute Gasteiger partial charge is 0.277 e. The van der Waals surface area contributed by atoms with Crippen molar-refractivity contribution in [3.63, 3.8) is 0 Å². The molecule has 27 heavy (non-hydrogen) atoms. The molecule has 0 atom stereocenters. The standard InChI is InChI=1S/C21H23N3O2S/c1-4-16-7-9-17(10-8-16)13-24(3)19(25)14-27-21-23-22-20(26-21)18-11-5-15(2)6-12-18/h5-12H,4,13-14H2,1-3H3. The Morgan fingerprint density at radius 2 is 1.70 bits per heavy atom. The number of aryl methyl sites for hydroxylation is 2. The fourth-order valence-corrected chi connectivity index (χ4v) is 3.26. The molecule has 1 aromatic heterocycles. The molecule has 3 rings (SSSR count). The van der Waals surface area contributed by atoms with Crippen molar-refractivity contribution in [1.82, 2.24) is 15.1 Å². The largest absolute Gasteiger partial charge is 0.411 e. The molecule has 3 aromatic rings. The third-order valence-corrected chi connectivity index (χ3v) is 5.10. The third-order valence-electron chi connectivity index (χ3n) is 4.30. The maximum atomic E-state index is 12.4. The number of rotatable bonds is 7. The van der Waals surface area contributed by atoms with Gasteiger partial charge in [-0.25, -0.2) is 0 Å². The van der Waals surface area contributed by atoms with Crippen LogP contribution >= 0.6 is 11.8 Å². The summed E-state index contributed by atoms with van der Waals surface area (Å²) in [4.78, 5) is 14.1. The Labute approximate surface area is 163 Å². The molecule has 5 nitrogen and oxygen atoms in total. The van der Waals surface area contributed by atoms with Crippen LogP contribution in [0.15, 0.2) is 58.2 Å². The Balaban J connectivity index is 1.53. The van der Waals surface area contributed by atoms with E-state index < -0.39 is 0 Å². The first-order valence-corrected chi connectivity index (χ1v) is 9.89. The fraction of sp³-hybridized carbons (Fsp3) is 0.286. The van der Waals surface area contributed by atoms with Gasteiger partial charge in [-0.3, -0.25) is 4.79 Å². The van der Waals surface area contributed by atoms with Crippen molar-refractivity contribution in [2.75, 3.05) is 12.8 Å². The molecule has 1 amide bonds. The lowest BCUT2D eigenvalue weighted by Gasteiger charge is -2.16. The number of amides is 1. The van der Waals surface area contributed by atoms with Crippen LogP contribution in [-0.4, -0.2) is 33.8 Å². The Kier molecular flexibility index (Phi) is 6.29. The predicted octanol–water partition coefficient (Wildman–Crippen LogP) is 4.36. The summed E-state index contributed by atoms with van der Waals surface area (Å²) in [7, 11) is 1.81. The molecular formula is C21H23N3O2S. The summed E-state index contributed by atoms with van der Waals surface area (Å²) in [6.45, 7) is 4.74. The number of nitrogens with zero attached hydrogens (tertiary/aromatic N) is 3. The molecule has 0 N–H and O–H groups in total. The summed E-state index contributed by atoms with van der Waals surface area (Å²) in [6, 6.07) is 16.2. The Bertz CT molecular complexity index is 889. The maximum Gasteiger partial charge on any atom is 0.277 e. The Morgan fingerprint density at radius 3 is 2.37 bits per heavy atom. The van der Waals surface area contributed by atoms with E-state index >= 15 is 0 Å². The summed E-state index contributed by atoms with van der Waals surface area (Å²) >= 11 is 1.26. The Hall–Kier alpha value is -2.60. The van der Waals surface area contributed by atoms with Gasteiger partial charge in [-0.2, -0.15) is 0 Å². The van der Waals surface area contributed by atoms with E-state index in [9.17, 15) is 4.79 Å². The zero-order valence-electron chi connectivity index (χ0n) is 15.8. The van der Waals surface area contributed by atoms with Crippen LogP contribution in [0.2, 0.25) is 0 Å². The van der Waals surface area contributed by atoms with E-state index in [1.165, 1.54) is 22.9 Å². The number of benzene rings is 2. The SMILES string of the molecule is CCc1ccc(CN(C)C(=O)CSc2nnc(-c3ccc(C)cc3)o2)cc1. The summed E-state index contributed by atoms with van der Waals surface area (Å²) in [5.41, 5.74) is 4.46. The van der Waals surface area contributed by atoms with Gasteiger partial charge in [0.2, 0.25) is 11.8 Å². The van der Waals surface area contributed by atoms with Crippen LogP contribution < -0.4 is 0 Å². The number of hydrogen-bond acceptors (Lipinski definition) is 5. The van der Waals surface area contributed by atoms with Gasteiger partial charge in [0.25, 0.3) is 5.22 Å². The quantitative estimate of drug-likeness (QED) is 0.569. The zero-order valence-corrected chi connectivity index (χ0v) is 16.6. The van der Waals surface area contributed by atoms with Gasteiger partial charge in [0, 0.05) is 19.2 Å². The molecular weight excluding hydrogens is 358 g/mol. The van der Waals surface area contributed by atoms with Crippen LogP contribution in [0.3, 0.4) is 0 Å². The first kappa shape index (κ1) is 19.2. The molecule has 6 heteroatoms. The first-order valence-electron chi connectivity index (χ1n) is 8.90. The maximum absolute atomic E-state index is 12.4. The lowest BCUT2D eigenvalue weighted by atomic mass is 10.1. The molecule has 0 spiro atoms. The highest BCUT2D eigenvalue weighted by atomic mass is 32.2. The van der Waals surface area contributed by atoms with Crippen LogP contribution in [0.5, 0.6) is 0 Å². The van der Waals surface area contributed by atoms with Crippen molar-refractivity contribution in [3.8, 4) is 11.5 Å². The molecule has 0 aliphatic rings. The van der Waals surface area contributed by atoms with Crippen LogP contribution in [0.1, 0.15) is 23.6 Å². The molecule has 140 valence electrons. The van der Waals surface area contributed by atoms with E-state index in [4.69, 9.17) is 4.42 Å². The summed E-state index contributed by atoms with van der Waals surface area (Å²) in [5, 5.41) is 8.49. The van der Waals surface area contributed by atoms with Crippen LogP contribution in [-0.2, 0) is 17.8 Å². The lowest BCUT2D eigenvalue weighted by Crippen LogP contribution is -2.27. The van der Waals surface area contributed by atoms with E-state index in [0.29, 0.717) is 17.7 Å². The summed E-state index contributed by atoms with van der Waals surface area (Å²) in [5.74, 6) is 0.753. The highest BCUT2D eigenvalue weighted by Gasteiger charge is 2.14. The monoisotopic (exact) mass is 381 g/mol. The minimum atomic E-state index is 0.0228. The van der Waals surface area contributed by atoms with Crippen molar-refractivity contribution in [2.24, 2.45) is 0 Å². The molecule has 0 radical (unpaired) electrons. The Morgan fingerprint density at radius 1 is 1.04 bits per heavy atom. The number of aromatic nitrogens is 2. The van der Waals surface area contributed by atoms with Gasteiger partial charge in [0.1, 0.15) is 0 Å². The van der Waals surface area contributed by atoms with E-state index in [0.717, 1.165) is 17.5 Å². The van der Waals surface area contributed by atoms with Gasteiger partial charge in [-0.1, -0.05) is 60.6 Å². The second-order valence-corrected chi connectivity index (χ2v) is 7.37. The van der Waals surface area contributed by atoms with E-state index in [-0.39, 0.29) is 11.7 Å². The summed E-state index contributed by atoms with van der Waals surface area (Å²) < 4.78 is 5.65. The van der Waals surface area contributed by atoms with E-state index in [2.05, 4.69) is 41.4 Å². The van der Waals surface area contributed by atoms with Gasteiger partial charge in [-0.15, -0.1) is 10.2 Å². The van der Waals surface area contributed by atoms with Gasteiger partial charge in [0.05, 0.1) is 5.75 Å². The second kappa shape index (κ2) is 8.86. The topological polar surface area (TPSA) is 59.2 Å². The molecule has 0 unspecified atom stereocenters. The number of carbonyl (C=O) groups excluding carboxylic acids is 1. The van der Waals surface area contributed by atoms with Gasteiger partial charge in [-0.05, 0) is 36.6 Å². The highest BCUT2D eigenvalue weighted by Crippen LogP contribution is 2.23. The summed E-state index contributed by atoms with van der Waals surface area (Å²) in [6.07, 6.45) is 1.01. The van der Waals surface area contributed by atoms with E-state index in [1.54, 1.807) is 4.90 Å². The second-order valence-electron chi connectivity index (χ2n) is 6.45. The van der Waals surface area contributed by atoms with E-state index in [1.807, 2.05) is 38.2 Å². The molecule has 0 aliphatic heterocycles. The van der Waals surface area contributed by atoms with Gasteiger partial charge in [0.15, 0.2) is 0 Å². The number of thioether (sulfide) groups is 1. The first-order chi connectivity index (χ1) is 13.0. The van der Waals surface area contributed by atoms with Crippen LogP contribution in [0.25, 0.3) is 11.5 Å². The van der Waals surface area contributed by atoms with Crippen LogP contribution in [0.4, 0.5) is 0 Å². The van der Waals surface area contributed by atoms with Crippen molar-refractivity contribution < 1.29 is 9.21 Å². The molecule has 1 heterocycles. The molecule has 0 bridgehead atoms. The minimum absolute atomic E-state index is 0.0228.